The standard InChI is InChI=1S/C18H23N5O3S/c1-4-10-23-17(13-8-6-7-9-14(13)26-3)21-22-18(23)27-12-16(25)20-11-15(24)19-5-2/h4,6-9H,1,5,10-12H2,2-3H3,(H,19,24)(H,20,25). The van der Waals surface area contributed by atoms with Gasteiger partial charge in [0.25, 0.3) is 0 Å². The van der Waals surface area contributed by atoms with Gasteiger partial charge in [0.1, 0.15) is 5.75 Å². The Kier molecular flexibility index (Phi) is 7.87. The summed E-state index contributed by atoms with van der Waals surface area (Å²) in [5.41, 5.74) is 0.807. The number of thioether (sulfide) groups is 1. The van der Waals surface area contributed by atoms with Gasteiger partial charge in [0, 0.05) is 13.1 Å². The van der Waals surface area contributed by atoms with Gasteiger partial charge in [-0.2, -0.15) is 0 Å². The molecule has 0 aliphatic rings. The highest BCUT2D eigenvalue weighted by atomic mass is 32.2. The van der Waals surface area contributed by atoms with Crippen molar-refractivity contribution in [1.82, 2.24) is 25.4 Å². The van der Waals surface area contributed by atoms with E-state index in [1.807, 2.05) is 35.8 Å². The number of likely N-dealkylation sites (N-methyl/N-ethyl adjacent to an activating group) is 1. The number of rotatable bonds is 10. The lowest BCUT2D eigenvalue weighted by Crippen LogP contribution is -2.37. The van der Waals surface area contributed by atoms with E-state index in [2.05, 4.69) is 27.4 Å². The van der Waals surface area contributed by atoms with Crippen molar-refractivity contribution in [1.29, 1.82) is 0 Å². The van der Waals surface area contributed by atoms with Crippen molar-refractivity contribution in [2.24, 2.45) is 0 Å². The first kappa shape index (κ1) is 20.5. The molecule has 0 unspecified atom stereocenters. The Morgan fingerprint density at radius 3 is 2.74 bits per heavy atom. The van der Waals surface area contributed by atoms with Gasteiger partial charge in [-0.05, 0) is 19.1 Å². The molecule has 0 saturated carbocycles. The third-order valence-corrected chi connectivity index (χ3v) is 4.50. The Bertz CT molecular complexity index is 806. The Morgan fingerprint density at radius 2 is 2.04 bits per heavy atom. The van der Waals surface area contributed by atoms with Crippen molar-refractivity contribution in [3.05, 3.63) is 36.9 Å². The maximum Gasteiger partial charge on any atom is 0.239 e. The van der Waals surface area contributed by atoms with Crippen LogP contribution in [-0.2, 0) is 16.1 Å². The van der Waals surface area contributed by atoms with E-state index in [4.69, 9.17) is 4.74 Å². The van der Waals surface area contributed by atoms with Gasteiger partial charge in [-0.1, -0.05) is 30.0 Å². The van der Waals surface area contributed by atoms with E-state index in [9.17, 15) is 9.59 Å². The maximum absolute atomic E-state index is 12.0. The SMILES string of the molecule is C=CCn1c(SCC(=O)NCC(=O)NCC)nnc1-c1ccccc1OC. The lowest BCUT2D eigenvalue weighted by atomic mass is 10.2. The van der Waals surface area contributed by atoms with E-state index in [0.29, 0.717) is 29.8 Å². The molecule has 0 fully saturated rings. The second-order valence-corrected chi connectivity index (χ2v) is 6.37. The molecule has 0 radical (unpaired) electrons. The topological polar surface area (TPSA) is 98.1 Å². The first-order chi connectivity index (χ1) is 13.1. The highest BCUT2D eigenvalue weighted by Gasteiger charge is 2.17. The van der Waals surface area contributed by atoms with Crippen LogP contribution in [0.5, 0.6) is 5.75 Å². The molecule has 2 aromatic rings. The normalized spacial score (nSPS) is 10.3. The molecule has 0 aliphatic heterocycles. The second-order valence-electron chi connectivity index (χ2n) is 5.42. The summed E-state index contributed by atoms with van der Waals surface area (Å²) in [4.78, 5) is 23.4. The number of carbonyl (C=O) groups is 2. The predicted molar refractivity (Wildman–Crippen MR) is 105 cm³/mol. The molecule has 0 aliphatic carbocycles. The molecule has 0 saturated heterocycles. The number of aromatic nitrogens is 3. The van der Waals surface area contributed by atoms with Crippen LogP contribution in [-0.4, -0.2) is 52.5 Å². The van der Waals surface area contributed by atoms with Crippen LogP contribution >= 0.6 is 11.8 Å². The van der Waals surface area contributed by atoms with Crippen LogP contribution in [0, 0.1) is 0 Å². The summed E-state index contributed by atoms with van der Waals surface area (Å²) < 4.78 is 7.27. The van der Waals surface area contributed by atoms with Gasteiger partial charge >= 0.3 is 0 Å². The predicted octanol–water partition coefficient (Wildman–Crippen LogP) is 1.48. The average molecular weight is 389 g/mol. The number of para-hydroxylation sites is 1. The minimum absolute atomic E-state index is 0.0426. The van der Waals surface area contributed by atoms with Crippen molar-refractivity contribution < 1.29 is 14.3 Å². The van der Waals surface area contributed by atoms with Gasteiger partial charge in [-0.25, -0.2) is 0 Å². The number of hydrogen-bond acceptors (Lipinski definition) is 6. The van der Waals surface area contributed by atoms with E-state index in [0.717, 1.165) is 5.56 Å². The number of benzene rings is 1. The van der Waals surface area contributed by atoms with E-state index < -0.39 is 0 Å². The minimum Gasteiger partial charge on any atom is -0.496 e. The molecular formula is C18H23N5O3S. The Labute approximate surface area is 162 Å². The fourth-order valence-corrected chi connectivity index (χ4v) is 3.12. The zero-order valence-corrected chi connectivity index (χ0v) is 16.2. The summed E-state index contributed by atoms with van der Waals surface area (Å²) in [6, 6.07) is 7.53. The van der Waals surface area contributed by atoms with Gasteiger partial charge in [0.2, 0.25) is 11.8 Å². The highest BCUT2D eigenvalue weighted by molar-refractivity contribution is 7.99. The number of allylic oxidation sites excluding steroid dienone is 1. The van der Waals surface area contributed by atoms with Crippen LogP contribution in [0.3, 0.4) is 0 Å². The lowest BCUT2D eigenvalue weighted by molar-refractivity contribution is -0.124. The monoisotopic (exact) mass is 389 g/mol. The van der Waals surface area contributed by atoms with Crippen LogP contribution in [0.1, 0.15) is 6.92 Å². The number of nitrogens with one attached hydrogen (secondary N) is 2. The fraction of sp³-hybridized carbons (Fsp3) is 0.333. The van der Waals surface area contributed by atoms with Gasteiger partial charge in [-0.15, -0.1) is 16.8 Å². The van der Waals surface area contributed by atoms with E-state index in [-0.39, 0.29) is 24.1 Å². The summed E-state index contributed by atoms with van der Waals surface area (Å²) in [5, 5.41) is 14.2. The Morgan fingerprint density at radius 1 is 1.26 bits per heavy atom. The van der Waals surface area contributed by atoms with Gasteiger partial charge in [-0.3, -0.25) is 14.2 Å². The van der Waals surface area contributed by atoms with Crippen LogP contribution in [0.2, 0.25) is 0 Å². The van der Waals surface area contributed by atoms with E-state index in [1.54, 1.807) is 13.2 Å². The first-order valence-corrected chi connectivity index (χ1v) is 9.42. The maximum atomic E-state index is 12.0. The number of hydrogen-bond donors (Lipinski definition) is 2. The third-order valence-electron chi connectivity index (χ3n) is 3.53. The molecule has 144 valence electrons. The van der Waals surface area contributed by atoms with Crippen molar-refractivity contribution >= 4 is 23.6 Å². The quantitative estimate of drug-likeness (QED) is 0.472. The summed E-state index contributed by atoms with van der Waals surface area (Å²) in [6.07, 6.45) is 1.74. The van der Waals surface area contributed by atoms with Gasteiger partial charge < -0.3 is 15.4 Å². The molecule has 0 bridgehead atoms. The zero-order valence-electron chi connectivity index (χ0n) is 15.4. The molecule has 1 aromatic carbocycles. The summed E-state index contributed by atoms with van der Waals surface area (Å²) in [6.45, 7) is 6.57. The molecule has 0 spiro atoms. The van der Waals surface area contributed by atoms with Crippen LogP contribution < -0.4 is 15.4 Å². The van der Waals surface area contributed by atoms with E-state index >= 15 is 0 Å². The summed E-state index contributed by atoms with van der Waals surface area (Å²) in [7, 11) is 1.60. The number of nitrogens with zero attached hydrogens (tertiary/aromatic N) is 3. The summed E-state index contributed by atoms with van der Waals surface area (Å²) >= 11 is 1.25. The fourth-order valence-electron chi connectivity index (χ4n) is 2.34. The summed E-state index contributed by atoms with van der Waals surface area (Å²) in [5.74, 6) is 0.979. The molecular weight excluding hydrogens is 366 g/mol. The van der Waals surface area contributed by atoms with Crippen molar-refractivity contribution in [2.75, 3.05) is 26.0 Å². The van der Waals surface area contributed by atoms with E-state index in [1.165, 1.54) is 11.8 Å². The van der Waals surface area contributed by atoms with Gasteiger partial charge in [0.05, 0.1) is 25.0 Å². The number of ether oxygens (including phenoxy) is 1. The Hall–Kier alpha value is -2.81. The largest absolute Gasteiger partial charge is 0.496 e. The molecule has 0 atom stereocenters. The third kappa shape index (κ3) is 5.58. The second kappa shape index (κ2) is 10.4. The van der Waals surface area contributed by atoms with Crippen LogP contribution in [0.25, 0.3) is 11.4 Å². The molecule has 1 heterocycles. The van der Waals surface area contributed by atoms with Gasteiger partial charge in [0.15, 0.2) is 11.0 Å². The number of carbonyl (C=O) groups excluding carboxylic acids is 2. The molecule has 8 nitrogen and oxygen atoms in total. The van der Waals surface area contributed by atoms with Crippen molar-refractivity contribution in [2.45, 2.75) is 18.6 Å². The molecule has 9 heteroatoms. The zero-order chi connectivity index (χ0) is 19.6. The van der Waals surface area contributed by atoms with Crippen molar-refractivity contribution in [3.8, 4) is 17.1 Å². The Balaban J connectivity index is 2.09. The highest BCUT2D eigenvalue weighted by Crippen LogP contribution is 2.30. The van der Waals surface area contributed by atoms with Crippen molar-refractivity contribution in [3.63, 3.8) is 0 Å². The molecule has 2 amide bonds. The lowest BCUT2D eigenvalue weighted by Gasteiger charge is -2.10. The molecule has 2 rings (SSSR count). The number of amides is 2. The van der Waals surface area contributed by atoms with Crippen LogP contribution in [0.4, 0.5) is 0 Å². The first-order valence-electron chi connectivity index (χ1n) is 8.44. The molecule has 1 aromatic heterocycles. The molecule has 27 heavy (non-hydrogen) atoms. The van der Waals surface area contributed by atoms with Crippen LogP contribution in [0.15, 0.2) is 42.1 Å². The smallest absolute Gasteiger partial charge is 0.239 e. The molecule has 2 N–H and O–H groups in total. The average Bonchev–Trinajstić information content (AvgIpc) is 3.07. The number of methoxy groups -OCH3 is 1. The minimum atomic E-state index is -0.252.